The summed E-state index contributed by atoms with van der Waals surface area (Å²) < 4.78 is 0. The molecule has 1 aliphatic rings. The van der Waals surface area contributed by atoms with Gasteiger partial charge in [0.05, 0.1) is 5.69 Å². The van der Waals surface area contributed by atoms with E-state index in [9.17, 15) is 4.79 Å². The van der Waals surface area contributed by atoms with E-state index in [2.05, 4.69) is 20.8 Å². The third kappa shape index (κ3) is 2.98. The summed E-state index contributed by atoms with van der Waals surface area (Å²) >= 11 is 0. The highest BCUT2D eigenvalue weighted by molar-refractivity contribution is 5.84. The summed E-state index contributed by atoms with van der Waals surface area (Å²) in [5.41, 5.74) is 3.45. The van der Waals surface area contributed by atoms with Crippen molar-refractivity contribution in [3.05, 3.63) is 29.1 Å². The lowest BCUT2D eigenvalue weighted by atomic mass is 10.1. The number of nitrogens with one attached hydrogen (secondary N) is 3. The van der Waals surface area contributed by atoms with E-state index in [0.29, 0.717) is 6.54 Å². The van der Waals surface area contributed by atoms with Gasteiger partial charge in [0.15, 0.2) is 0 Å². The Bertz CT molecular complexity index is 430. The predicted octanol–water partition coefficient (Wildman–Crippen LogP) is 0.603. The van der Waals surface area contributed by atoms with Crippen LogP contribution in [-0.2, 0) is 11.2 Å². The van der Waals surface area contributed by atoms with Gasteiger partial charge >= 0.3 is 0 Å². The van der Waals surface area contributed by atoms with Gasteiger partial charge in [-0.25, -0.2) is 0 Å². The van der Waals surface area contributed by atoms with Crippen molar-refractivity contribution in [2.45, 2.75) is 32.7 Å². The van der Waals surface area contributed by atoms with Gasteiger partial charge in [-0.2, -0.15) is 5.10 Å². The molecule has 1 amide bonds. The van der Waals surface area contributed by atoms with Crippen LogP contribution in [-0.4, -0.2) is 35.2 Å². The summed E-state index contributed by atoms with van der Waals surface area (Å²) in [6.07, 6.45) is 5.76. The van der Waals surface area contributed by atoms with E-state index in [1.54, 1.807) is 0 Å². The van der Waals surface area contributed by atoms with Crippen molar-refractivity contribution in [1.82, 2.24) is 20.8 Å². The second-order valence-electron chi connectivity index (χ2n) is 4.62. The summed E-state index contributed by atoms with van der Waals surface area (Å²) in [4.78, 5) is 11.7. The lowest BCUT2D eigenvalue weighted by molar-refractivity contribution is -0.121. The van der Waals surface area contributed by atoms with Gasteiger partial charge in [-0.15, -0.1) is 0 Å². The molecule has 1 aromatic heterocycles. The normalized spacial score (nSPS) is 18.2. The second-order valence-corrected chi connectivity index (χ2v) is 4.62. The van der Waals surface area contributed by atoms with E-state index in [1.807, 2.05) is 26.0 Å². The maximum absolute atomic E-state index is 11.7. The van der Waals surface area contributed by atoms with Gasteiger partial charge in [0.2, 0.25) is 5.91 Å². The van der Waals surface area contributed by atoms with E-state index in [1.165, 1.54) is 5.56 Å². The van der Waals surface area contributed by atoms with Crippen LogP contribution in [0.5, 0.6) is 0 Å². The van der Waals surface area contributed by atoms with Crippen LogP contribution in [0.15, 0.2) is 12.2 Å². The Hall–Kier alpha value is -1.62. The standard InChI is InChI=1S/C13H20N4O/c1-9-11(10(2)17-16-9)5-3-8-15-13(18)12-6-4-7-14-12/h4,6,12,14H,3,5,7-8H2,1-2H3,(H,15,18)(H,16,17). The van der Waals surface area contributed by atoms with Crippen molar-refractivity contribution >= 4 is 5.91 Å². The van der Waals surface area contributed by atoms with Crippen LogP contribution in [0.25, 0.3) is 0 Å². The first-order chi connectivity index (χ1) is 8.68. The van der Waals surface area contributed by atoms with Gasteiger partial charge in [-0.3, -0.25) is 15.2 Å². The fraction of sp³-hybridized carbons (Fsp3) is 0.538. The molecule has 18 heavy (non-hydrogen) atoms. The molecular weight excluding hydrogens is 228 g/mol. The van der Waals surface area contributed by atoms with Crippen LogP contribution >= 0.6 is 0 Å². The third-order valence-electron chi connectivity index (χ3n) is 3.25. The van der Waals surface area contributed by atoms with E-state index in [4.69, 9.17) is 0 Å². The smallest absolute Gasteiger partial charge is 0.241 e. The molecule has 0 saturated heterocycles. The van der Waals surface area contributed by atoms with Crippen molar-refractivity contribution in [3.63, 3.8) is 0 Å². The number of hydrogen-bond acceptors (Lipinski definition) is 3. The van der Waals surface area contributed by atoms with Crippen LogP contribution in [0.1, 0.15) is 23.4 Å². The quantitative estimate of drug-likeness (QED) is 0.528. The van der Waals surface area contributed by atoms with Crippen LogP contribution in [0.2, 0.25) is 0 Å². The topological polar surface area (TPSA) is 69.8 Å². The van der Waals surface area contributed by atoms with E-state index >= 15 is 0 Å². The molecule has 98 valence electrons. The van der Waals surface area contributed by atoms with Gasteiger partial charge in [0.25, 0.3) is 0 Å². The van der Waals surface area contributed by atoms with Crippen LogP contribution in [0.3, 0.4) is 0 Å². The number of carbonyl (C=O) groups excluding carboxylic acids is 1. The predicted molar refractivity (Wildman–Crippen MR) is 70.3 cm³/mol. The monoisotopic (exact) mass is 248 g/mol. The number of carbonyl (C=O) groups is 1. The van der Waals surface area contributed by atoms with Crippen LogP contribution in [0, 0.1) is 13.8 Å². The van der Waals surface area contributed by atoms with Crippen molar-refractivity contribution in [2.24, 2.45) is 0 Å². The third-order valence-corrected chi connectivity index (χ3v) is 3.25. The number of hydrogen-bond donors (Lipinski definition) is 3. The maximum atomic E-state index is 11.7. The largest absolute Gasteiger partial charge is 0.354 e. The summed E-state index contributed by atoms with van der Waals surface area (Å²) in [5.74, 6) is 0.0596. The summed E-state index contributed by atoms with van der Waals surface area (Å²) in [6, 6.07) is -0.151. The fourth-order valence-corrected chi connectivity index (χ4v) is 2.18. The molecule has 1 aromatic rings. The molecule has 0 radical (unpaired) electrons. The van der Waals surface area contributed by atoms with Gasteiger partial charge in [0, 0.05) is 18.8 Å². The molecule has 2 heterocycles. The van der Waals surface area contributed by atoms with Crippen LogP contribution in [0.4, 0.5) is 0 Å². The lowest BCUT2D eigenvalue weighted by Crippen LogP contribution is -2.40. The molecule has 3 N–H and O–H groups in total. The molecule has 1 aliphatic heterocycles. The number of aryl methyl sites for hydroxylation is 2. The Kier molecular flexibility index (Phi) is 4.15. The van der Waals surface area contributed by atoms with E-state index < -0.39 is 0 Å². The Morgan fingerprint density at radius 3 is 3.00 bits per heavy atom. The first-order valence-electron chi connectivity index (χ1n) is 6.36. The molecule has 2 rings (SSSR count). The first-order valence-corrected chi connectivity index (χ1v) is 6.36. The lowest BCUT2D eigenvalue weighted by Gasteiger charge is -2.10. The Morgan fingerprint density at radius 1 is 1.56 bits per heavy atom. The maximum Gasteiger partial charge on any atom is 0.241 e. The fourth-order valence-electron chi connectivity index (χ4n) is 2.18. The SMILES string of the molecule is Cc1n[nH]c(C)c1CCCNC(=O)C1C=CCN1. The van der Waals surface area contributed by atoms with Gasteiger partial charge in [-0.1, -0.05) is 12.2 Å². The highest BCUT2D eigenvalue weighted by Crippen LogP contribution is 2.11. The molecule has 0 bridgehead atoms. The molecular formula is C13H20N4O. The number of rotatable bonds is 5. The van der Waals surface area contributed by atoms with Crippen molar-refractivity contribution in [1.29, 1.82) is 0 Å². The molecule has 5 nitrogen and oxygen atoms in total. The minimum atomic E-state index is -0.151. The molecule has 0 aliphatic carbocycles. The average molecular weight is 248 g/mol. The number of aromatic nitrogens is 2. The minimum Gasteiger partial charge on any atom is -0.354 e. The number of H-pyrrole nitrogens is 1. The highest BCUT2D eigenvalue weighted by atomic mass is 16.2. The molecule has 1 atom stereocenters. The zero-order chi connectivity index (χ0) is 13.0. The average Bonchev–Trinajstić information content (AvgIpc) is 2.97. The number of amides is 1. The Balaban J connectivity index is 1.70. The molecule has 1 unspecified atom stereocenters. The summed E-state index contributed by atoms with van der Waals surface area (Å²) in [7, 11) is 0. The molecule has 0 aromatic carbocycles. The van der Waals surface area contributed by atoms with E-state index in [-0.39, 0.29) is 11.9 Å². The Labute approximate surface area is 107 Å². The van der Waals surface area contributed by atoms with Gasteiger partial charge < -0.3 is 5.32 Å². The summed E-state index contributed by atoms with van der Waals surface area (Å²) in [6.45, 7) is 5.52. The van der Waals surface area contributed by atoms with Crippen molar-refractivity contribution in [3.8, 4) is 0 Å². The van der Waals surface area contributed by atoms with Crippen molar-refractivity contribution < 1.29 is 4.79 Å². The Morgan fingerprint density at radius 2 is 2.39 bits per heavy atom. The van der Waals surface area contributed by atoms with Crippen molar-refractivity contribution in [2.75, 3.05) is 13.1 Å². The number of nitrogens with zero attached hydrogens (tertiary/aromatic N) is 1. The first kappa shape index (κ1) is 12.8. The summed E-state index contributed by atoms with van der Waals surface area (Å²) in [5, 5.41) is 13.2. The molecule has 0 spiro atoms. The van der Waals surface area contributed by atoms with Crippen LogP contribution < -0.4 is 10.6 Å². The number of aromatic amines is 1. The molecule has 5 heteroatoms. The zero-order valence-electron chi connectivity index (χ0n) is 10.9. The minimum absolute atomic E-state index is 0.0596. The highest BCUT2D eigenvalue weighted by Gasteiger charge is 2.16. The van der Waals surface area contributed by atoms with Gasteiger partial charge in [0.1, 0.15) is 6.04 Å². The van der Waals surface area contributed by atoms with Gasteiger partial charge in [-0.05, 0) is 32.3 Å². The molecule has 0 saturated carbocycles. The second kappa shape index (κ2) is 5.82. The molecule has 0 fully saturated rings. The zero-order valence-corrected chi connectivity index (χ0v) is 10.9. The van der Waals surface area contributed by atoms with E-state index in [0.717, 1.165) is 30.8 Å².